The summed E-state index contributed by atoms with van der Waals surface area (Å²) in [5.41, 5.74) is 5.85. The highest BCUT2D eigenvalue weighted by Gasteiger charge is 2.29. The molecule has 1 saturated heterocycles. The van der Waals surface area contributed by atoms with Gasteiger partial charge >= 0.3 is 0 Å². The Morgan fingerprint density at radius 2 is 2.42 bits per heavy atom. The Labute approximate surface area is 116 Å². The highest BCUT2D eigenvalue weighted by molar-refractivity contribution is 7.18. The van der Waals surface area contributed by atoms with Gasteiger partial charge in [0.2, 0.25) is 0 Å². The van der Waals surface area contributed by atoms with E-state index in [0.29, 0.717) is 35.6 Å². The smallest absolute Gasteiger partial charge is 0.268 e. The van der Waals surface area contributed by atoms with Gasteiger partial charge < -0.3 is 20.7 Å². The third-order valence-corrected chi connectivity index (χ3v) is 4.15. The normalized spacial score (nSPS) is 19.5. The SMILES string of the molecule is CCNc1nc(N)c(C(=O)N2CCOCC2CC)s1. The van der Waals surface area contributed by atoms with Crippen molar-refractivity contribution in [2.24, 2.45) is 0 Å². The monoisotopic (exact) mass is 284 g/mol. The van der Waals surface area contributed by atoms with Gasteiger partial charge in [-0.3, -0.25) is 4.79 Å². The van der Waals surface area contributed by atoms with Crippen LogP contribution in [0.15, 0.2) is 0 Å². The molecule has 1 fully saturated rings. The molecule has 6 nitrogen and oxygen atoms in total. The van der Waals surface area contributed by atoms with Gasteiger partial charge in [-0.25, -0.2) is 4.98 Å². The Hall–Kier alpha value is -1.34. The number of carbonyl (C=O) groups excluding carboxylic acids is 1. The average molecular weight is 284 g/mol. The van der Waals surface area contributed by atoms with E-state index in [1.807, 2.05) is 11.8 Å². The Balaban J connectivity index is 2.17. The van der Waals surface area contributed by atoms with E-state index in [4.69, 9.17) is 10.5 Å². The van der Waals surface area contributed by atoms with Gasteiger partial charge in [0.1, 0.15) is 10.7 Å². The number of thiazole rings is 1. The van der Waals surface area contributed by atoms with E-state index >= 15 is 0 Å². The number of nitrogen functional groups attached to an aromatic ring is 1. The lowest BCUT2D eigenvalue weighted by Gasteiger charge is -2.34. The second kappa shape index (κ2) is 6.21. The minimum absolute atomic E-state index is 0.0331. The third kappa shape index (κ3) is 2.98. The van der Waals surface area contributed by atoms with Crippen LogP contribution in [0.1, 0.15) is 29.9 Å². The Bertz CT molecular complexity index is 449. The van der Waals surface area contributed by atoms with E-state index in [9.17, 15) is 4.79 Å². The second-order valence-corrected chi connectivity index (χ2v) is 5.40. The molecule has 7 heteroatoms. The van der Waals surface area contributed by atoms with Crippen LogP contribution >= 0.6 is 11.3 Å². The van der Waals surface area contributed by atoms with Gasteiger partial charge in [0.05, 0.1) is 19.3 Å². The summed E-state index contributed by atoms with van der Waals surface area (Å²) in [6.45, 7) is 6.59. The number of nitrogens with one attached hydrogen (secondary N) is 1. The van der Waals surface area contributed by atoms with E-state index in [1.54, 1.807) is 0 Å². The maximum Gasteiger partial charge on any atom is 0.268 e. The first-order valence-corrected chi connectivity index (χ1v) is 7.37. The molecular formula is C12H20N4O2S. The van der Waals surface area contributed by atoms with Crippen LogP contribution in [0.3, 0.4) is 0 Å². The van der Waals surface area contributed by atoms with Crippen LogP contribution in [0.25, 0.3) is 0 Å². The first kappa shape index (κ1) is 14.1. The number of rotatable bonds is 4. The van der Waals surface area contributed by atoms with Crippen molar-refractivity contribution < 1.29 is 9.53 Å². The van der Waals surface area contributed by atoms with Crippen molar-refractivity contribution in [3.05, 3.63) is 4.88 Å². The molecule has 0 aromatic carbocycles. The van der Waals surface area contributed by atoms with Crippen LogP contribution in [0.4, 0.5) is 10.9 Å². The highest BCUT2D eigenvalue weighted by atomic mass is 32.1. The van der Waals surface area contributed by atoms with Gasteiger partial charge in [-0.2, -0.15) is 0 Å². The fourth-order valence-electron chi connectivity index (χ4n) is 2.10. The number of nitrogens with two attached hydrogens (primary N) is 1. The van der Waals surface area contributed by atoms with Crippen molar-refractivity contribution in [1.82, 2.24) is 9.88 Å². The predicted molar refractivity (Wildman–Crippen MR) is 76.6 cm³/mol. The Morgan fingerprint density at radius 3 is 3.11 bits per heavy atom. The molecule has 0 radical (unpaired) electrons. The summed E-state index contributed by atoms with van der Waals surface area (Å²) in [5, 5.41) is 3.78. The molecule has 1 amide bonds. The second-order valence-electron chi connectivity index (χ2n) is 4.40. The molecule has 0 bridgehead atoms. The van der Waals surface area contributed by atoms with Gasteiger partial charge in [-0.05, 0) is 13.3 Å². The first-order valence-electron chi connectivity index (χ1n) is 6.56. The summed E-state index contributed by atoms with van der Waals surface area (Å²) >= 11 is 1.32. The summed E-state index contributed by atoms with van der Waals surface area (Å²) < 4.78 is 5.41. The number of hydrogen-bond acceptors (Lipinski definition) is 6. The van der Waals surface area contributed by atoms with E-state index in [2.05, 4.69) is 17.2 Å². The van der Waals surface area contributed by atoms with E-state index < -0.39 is 0 Å². The number of morpholine rings is 1. The molecule has 19 heavy (non-hydrogen) atoms. The molecule has 1 aliphatic rings. The number of carbonyl (C=O) groups is 1. The van der Waals surface area contributed by atoms with Crippen molar-refractivity contribution in [3.8, 4) is 0 Å². The summed E-state index contributed by atoms with van der Waals surface area (Å²) in [6, 6.07) is 0.130. The molecule has 0 saturated carbocycles. The van der Waals surface area contributed by atoms with Crippen molar-refractivity contribution in [2.45, 2.75) is 26.3 Å². The molecule has 1 atom stereocenters. The summed E-state index contributed by atoms with van der Waals surface area (Å²) in [6.07, 6.45) is 0.879. The van der Waals surface area contributed by atoms with Crippen molar-refractivity contribution in [1.29, 1.82) is 0 Å². The van der Waals surface area contributed by atoms with Crippen molar-refractivity contribution in [2.75, 3.05) is 37.4 Å². The molecule has 2 heterocycles. The van der Waals surface area contributed by atoms with E-state index in [1.165, 1.54) is 11.3 Å². The van der Waals surface area contributed by atoms with E-state index in [-0.39, 0.29) is 11.9 Å². The average Bonchev–Trinajstić information content (AvgIpc) is 2.79. The molecule has 1 aromatic rings. The fourth-order valence-corrected chi connectivity index (χ4v) is 3.01. The van der Waals surface area contributed by atoms with Crippen molar-refractivity contribution in [3.63, 3.8) is 0 Å². The number of ether oxygens (including phenoxy) is 1. The van der Waals surface area contributed by atoms with E-state index in [0.717, 1.165) is 13.0 Å². The Kier molecular flexibility index (Phi) is 4.60. The first-order chi connectivity index (χ1) is 9.17. The lowest BCUT2D eigenvalue weighted by Crippen LogP contribution is -2.48. The summed E-state index contributed by atoms with van der Waals surface area (Å²) in [4.78, 5) is 19.1. The number of hydrogen-bond donors (Lipinski definition) is 2. The maximum atomic E-state index is 12.5. The van der Waals surface area contributed by atoms with Crippen LogP contribution in [0.2, 0.25) is 0 Å². The van der Waals surface area contributed by atoms with Gasteiger partial charge in [0.15, 0.2) is 5.13 Å². The Morgan fingerprint density at radius 1 is 1.63 bits per heavy atom. The van der Waals surface area contributed by atoms with Crippen LogP contribution in [-0.2, 0) is 4.74 Å². The molecule has 0 spiro atoms. The third-order valence-electron chi connectivity index (χ3n) is 3.14. The minimum Gasteiger partial charge on any atom is -0.382 e. The summed E-state index contributed by atoms with van der Waals surface area (Å²) in [5.74, 6) is 0.279. The zero-order chi connectivity index (χ0) is 13.8. The number of anilines is 2. The van der Waals surface area contributed by atoms with Crippen molar-refractivity contribution >= 4 is 28.2 Å². The zero-order valence-corrected chi connectivity index (χ0v) is 12.1. The molecule has 0 aliphatic carbocycles. The van der Waals surface area contributed by atoms with Crippen LogP contribution in [-0.4, -0.2) is 48.1 Å². The lowest BCUT2D eigenvalue weighted by molar-refractivity contribution is -0.00249. The quantitative estimate of drug-likeness (QED) is 0.873. The predicted octanol–water partition coefficient (Wildman–Crippen LogP) is 1.41. The van der Waals surface area contributed by atoms with Gasteiger partial charge in [0, 0.05) is 13.1 Å². The topological polar surface area (TPSA) is 80.5 Å². The molecule has 3 N–H and O–H groups in total. The largest absolute Gasteiger partial charge is 0.382 e. The highest BCUT2D eigenvalue weighted by Crippen LogP contribution is 2.27. The number of amides is 1. The van der Waals surface area contributed by atoms with Crippen LogP contribution in [0, 0.1) is 0 Å². The number of nitrogens with zero attached hydrogens (tertiary/aromatic N) is 2. The van der Waals surface area contributed by atoms with Gasteiger partial charge in [-0.15, -0.1) is 0 Å². The van der Waals surface area contributed by atoms with Crippen LogP contribution < -0.4 is 11.1 Å². The molecular weight excluding hydrogens is 264 g/mol. The lowest BCUT2D eigenvalue weighted by atomic mass is 10.1. The fraction of sp³-hybridized carbons (Fsp3) is 0.667. The zero-order valence-electron chi connectivity index (χ0n) is 11.3. The van der Waals surface area contributed by atoms with Gasteiger partial charge in [0.25, 0.3) is 5.91 Å². The summed E-state index contributed by atoms with van der Waals surface area (Å²) in [7, 11) is 0. The van der Waals surface area contributed by atoms with Crippen LogP contribution in [0.5, 0.6) is 0 Å². The van der Waals surface area contributed by atoms with Gasteiger partial charge in [-0.1, -0.05) is 18.3 Å². The molecule has 2 rings (SSSR count). The minimum atomic E-state index is -0.0331. The molecule has 1 aliphatic heterocycles. The molecule has 1 aromatic heterocycles. The molecule has 106 valence electrons. The standard InChI is InChI=1S/C12H20N4O2S/c1-3-8-7-18-6-5-16(8)11(17)9-10(13)15-12(19-9)14-4-2/h8H,3-7,13H2,1-2H3,(H,14,15). The number of aromatic nitrogens is 1. The molecule has 1 unspecified atom stereocenters. The maximum absolute atomic E-state index is 12.5.